The Kier molecular flexibility index (Phi) is 9.24. The molecule has 1 atom stereocenters. The molecule has 2 heteroatoms. The van der Waals surface area contributed by atoms with Gasteiger partial charge in [0.1, 0.15) is 0 Å². The highest BCUT2D eigenvalue weighted by molar-refractivity contribution is 5.67. The third kappa shape index (κ3) is 9.51. The number of aliphatic carboxylic acids is 1. The van der Waals surface area contributed by atoms with Gasteiger partial charge in [0.2, 0.25) is 0 Å². The Bertz CT molecular complexity index is 175. The molecule has 0 heterocycles. The molecular formula is C13H24O2. The van der Waals surface area contributed by atoms with Crippen LogP contribution in [0.1, 0.15) is 58.3 Å². The van der Waals surface area contributed by atoms with Gasteiger partial charge in [-0.05, 0) is 12.3 Å². The number of rotatable bonds is 10. The van der Waals surface area contributed by atoms with Crippen LogP contribution in [0.25, 0.3) is 0 Å². The second-order valence-corrected chi connectivity index (χ2v) is 4.15. The molecule has 1 N–H and O–H groups in total. The average molecular weight is 212 g/mol. The van der Waals surface area contributed by atoms with Gasteiger partial charge in [0.05, 0.1) is 6.42 Å². The summed E-state index contributed by atoms with van der Waals surface area (Å²) in [7, 11) is 0. The zero-order valence-electron chi connectivity index (χ0n) is 9.87. The third-order valence-corrected chi connectivity index (χ3v) is 2.70. The molecule has 0 aliphatic carbocycles. The quantitative estimate of drug-likeness (QED) is 0.439. The molecule has 0 radical (unpaired) electrons. The van der Waals surface area contributed by atoms with E-state index in [0.29, 0.717) is 0 Å². The van der Waals surface area contributed by atoms with Crippen LogP contribution in [0.2, 0.25) is 0 Å². The van der Waals surface area contributed by atoms with E-state index in [0.717, 1.165) is 12.8 Å². The maximum atomic E-state index is 10.5. The summed E-state index contributed by atoms with van der Waals surface area (Å²) in [6.45, 7) is 5.89. The van der Waals surface area contributed by atoms with Crippen molar-refractivity contribution in [3.63, 3.8) is 0 Å². The van der Waals surface area contributed by atoms with Gasteiger partial charge >= 0.3 is 5.97 Å². The van der Waals surface area contributed by atoms with Crippen molar-refractivity contribution in [2.24, 2.45) is 5.92 Å². The summed E-state index contributed by atoms with van der Waals surface area (Å²) in [5.41, 5.74) is 0. The smallest absolute Gasteiger partial charge is 0.303 e. The normalized spacial score (nSPS) is 12.3. The lowest BCUT2D eigenvalue weighted by atomic mass is 9.97. The van der Waals surface area contributed by atoms with E-state index in [-0.39, 0.29) is 12.3 Å². The zero-order valence-corrected chi connectivity index (χ0v) is 9.87. The Morgan fingerprint density at radius 2 is 1.87 bits per heavy atom. The predicted octanol–water partition coefficient (Wildman–Crippen LogP) is 4.01. The Hall–Kier alpha value is -0.790. The SMILES string of the molecule is C=CC(CCCCCCCC)CC(=O)O. The predicted molar refractivity (Wildman–Crippen MR) is 63.9 cm³/mol. The standard InChI is InChI=1S/C13H24O2/c1-3-5-6-7-8-9-10-12(4-2)11-13(14)15/h4,12H,2-3,5-11H2,1H3,(H,14,15). The first-order valence-corrected chi connectivity index (χ1v) is 6.05. The molecule has 0 spiro atoms. The van der Waals surface area contributed by atoms with Gasteiger partial charge in [-0.25, -0.2) is 0 Å². The van der Waals surface area contributed by atoms with Crippen LogP contribution in [-0.4, -0.2) is 11.1 Å². The summed E-state index contributed by atoms with van der Waals surface area (Å²) < 4.78 is 0. The third-order valence-electron chi connectivity index (χ3n) is 2.70. The van der Waals surface area contributed by atoms with E-state index in [1.807, 2.05) is 0 Å². The Morgan fingerprint density at radius 3 is 2.40 bits per heavy atom. The average Bonchev–Trinajstić information content (AvgIpc) is 2.20. The van der Waals surface area contributed by atoms with E-state index in [1.165, 1.54) is 32.1 Å². The van der Waals surface area contributed by atoms with Gasteiger partial charge in [-0.3, -0.25) is 4.79 Å². The van der Waals surface area contributed by atoms with Crippen LogP contribution in [-0.2, 0) is 4.79 Å². The van der Waals surface area contributed by atoms with Crippen molar-refractivity contribution in [3.8, 4) is 0 Å². The molecule has 0 aliphatic heterocycles. The second-order valence-electron chi connectivity index (χ2n) is 4.15. The highest BCUT2D eigenvalue weighted by Crippen LogP contribution is 2.16. The molecule has 15 heavy (non-hydrogen) atoms. The van der Waals surface area contributed by atoms with Crippen molar-refractivity contribution >= 4 is 5.97 Å². The largest absolute Gasteiger partial charge is 0.481 e. The van der Waals surface area contributed by atoms with Crippen LogP contribution in [0.4, 0.5) is 0 Å². The van der Waals surface area contributed by atoms with Gasteiger partial charge in [0.25, 0.3) is 0 Å². The number of hydrogen-bond acceptors (Lipinski definition) is 1. The van der Waals surface area contributed by atoms with E-state index in [1.54, 1.807) is 6.08 Å². The van der Waals surface area contributed by atoms with Gasteiger partial charge in [-0.2, -0.15) is 0 Å². The van der Waals surface area contributed by atoms with Crippen molar-refractivity contribution in [1.29, 1.82) is 0 Å². The molecule has 88 valence electrons. The van der Waals surface area contributed by atoms with Gasteiger partial charge in [0, 0.05) is 0 Å². The highest BCUT2D eigenvalue weighted by atomic mass is 16.4. The van der Waals surface area contributed by atoms with E-state index >= 15 is 0 Å². The van der Waals surface area contributed by atoms with Gasteiger partial charge in [-0.15, -0.1) is 6.58 Å². The van der Waals surface area contributed by atoms with Gasteiger partial charge < -0.3 is 5.11 Å². The highest BCUT2D eigenvalue weighted by Gasteiger charge is 2.08. The summed E-state index contributed by atoms with van der Waals surface area (Å²) >= 11 is 0. The van der Waals surface area contributed by atoms with E-state index < -0.39 is 5.97 Å². The fourth-order valence-corrected chi connectivity index (χ4v) is 1.71. The Labute approximate surface area is 93.4 Å². The summed E-state index contributed by atoms with van der Waals surface area (Å²) in [5.74, 6) is -0.556. The summed E-state index contributed by atoms with van der Waals surface area (Å²) in [6, 6.07) is 0. The van der Waals surface area contributed by atoms with Crippen molar-refractivity contribution in [2.45, 2.75) is 58.3 Å². The Balaban J connectivity index is 3.38. The van der Waals surface area contributed by atoms with E-state index in [9.17, 15) is 4.79 Å². The number of hydrogen-bond donors (Lipinski definition) is 1. The summed E-state index contributed by atoms with van der Waals surface area (Å²) in [5, 5.41) is 8.64. The lowest BCUT2D eigenvalue weighted by Gasteiger charge is -2.08. The first-order chi connectivity index (χ1) is 7.20. The molecular weight excluding hydrogens is 188 g/mol. The Morgan fingerprint density at radius 1 is 1.27 bits per heavy atom. The molecule has 0 aromatic rings. The molecule has 2 nitrogen and oxygen atoms in total. The first-order valence-electron chi connectivity index (χ1n) is 6.05. The van der Waals surface area contributed by atoms with Crippen LogP contribution in [0.15, 0.2) is 12.7 Å². The number of carbonyl (C=O) groups is 1. The first kappa shape index (κ1) is 14.2. The molecule has 0 aliphatic rings. The monoisotopic (exact) mass is 212 g/mol. The molecule has 1 unspecified atom stereocenters. The maximum Gasteiger partial charge on any atom is 0.303 e. The topological polar surface area (TPSA) is 37.3 Å². The molecule has 0 bridgehead atoms. The maximum absolute atomic E-state index is 10.5. The molecule has 0 saturated heterocycles. The molecule has 0 aromatic heterocycles. The number of carboxylic acids is 1. The van der Waals surface area contributed by atoms with Crippen molar-refractivity contribution in [1.82, 2.24) is 0 Å². The van der Waals surface area contributed by atoms with Crippen LogP contribution in [0.5, 0.6) is 0 Å². The van der Waals surface area contributed by atoms with Crippen molar-refractivity contribution < 1.29 is 9.90 Å². The molecule has 0 saturated carbocycles. The van der Waals surface area contributed by atoms with Crippen LogP contribution in [0.3, 0.4) is 0 Å². The lowest BCUT2D eigenvalue weighted by molar-refractivity contribution is -0.137. The fraction of sp³-hybridized carbons (Fsp3) is 0.769. The molecule has 0 amide bonds. The minimum atomic E-state index is -0.717. The summed E-state index contributed by atoms with van der Waals surface area (Å²) in [6.07, 6.45) is 10.5. The molecule has 0 fully saturated rings. The van der Waals surface area contributed by atoms with Crippen molar-refractivity contribution in [2.75, 3.05) is 0 Å². The minimum Gasteiger partial charge on any atom is -0.481 e. The van der Waals surface area contributed by atoms with E-state index in [2.05, 4.69) is 13.5 Å². The second kappa shape index (κ2) is 9.75. The number of carboxylic acid groups (broad SMARTS) is 1. The van der Waals surface area contributed by atoms with Gasteiger partial charge in [0.15, 0.2) is 0 Å². The van der Waals surface area contributed by atoms with Crippen LogP contribution in [0, 0.1) is 5.92 Å². The van der Waals surface area contributed by atoms with Crippen LogP contribution >= 0.6 is 0 Å². The fourth-order valence-electron chi connectivity index (χ4n) is 1.71. The lowest BCUT2D eigenvalue weighted by Crippen LogP contribution is -2.05. The number of allylic oxidation sites excluding steroid dienone is 1. The zero-order chi connectivity index (χ0) is 11.5. The molecule has 0 rings (SSSR count). The number of unbranched alkanes of at least 4 members (excludes halogenated alkanes) is 5. The van der Waals surface area contributed by atoms with E-state index in [4.69, 9.17) is 5.11 Å². The minimum absolute atomic E-state index is 0.161. The van der Waals surface area contributed by atoms with Crippen molar-refractivity contribution in [3.05, 3.63) is 12.7 Å². The van der Waals surface area contributed by atoms with Crippen LogP contribution < -0.4 is 0 Å². The molecule has 0 aromatic carbocycles. The van der Waals surface area contributed by atoms with Gasteiger partial charge in [-0.1, -0.05) is 51.5 Å². The summed E-state index contributed by atoms with van der Waals surface area (Å²) in [4.78, 5) is 10.5.